The van der Waals surface area contributed by atoms with Gasteiger partial charge in [0.15, 0.2) is 11.5 Å². The molecule has 1 fully saturated rings. The normalized spacial score (nSPS) is 15.0. The first-order valence-electron chi connectivity index (χ1n) is 20.5. The van der Waals surface area contributed by atoms with E-state index in [1.54, 1.807) is 55.8 Å². The zero-order valence-corrected chi connectivity index (χ0v) is 36.0. The molecule has 60 heavy (non-hydrogen) atoms. The highest BCUT2D eigenvalue weighted by Gasteiger charge is 2.39. The summed E-state index contributed by atoms with van der Waals surface area (Å²) in [6, 6.07) is 22.0. The molecule has 0 saturated carbocycles. The van der Waals surface area contributed by atoms with Crippen LogP contribution in [0.3, 0.4) is 0 Å². The molecule has 0 spiro atoms. The van der Waals surface area contributed by atoms with Crippen LogP contribution in [0.4, 0.5) is 11.6 Å². The molecule has 14 nitrogen and oxygen atoms in total. The summed E-state index contributed by atoms with van der Waals surface area (Å²) >= 11 is 0. The number of nitrogens with one attached hydrogen (secondary N) is 3. The predicted octanol–water partition coefficient (Wildman–Crippen LogP) is 7.44. The third-order valence-electron chi connectivity index (χ3n) is 10.4. The molecule has 2 aliphatic heterocycles. The Morgan fingerprint density at radius 3 is 2.15 bits per heavy atom. The Hall–Kier alpha value is -6.41. The number of anilines is 2. The van der Waals surface area contributed by atoms with Crippen LogP contribution in [0, 0.1) is 0 Å². The Morgan fingerprint density at radius 1 is 0.883 bits per heavy atom. The standard InChI is InChI=1S/C33H37N7O4.C9H7NO2.2C2H6/c1-33(2)17-23-27(31(42)34-18-20-8-6-5-7-9-20)39-44-29(23)28-24(33)19-35-32(38-28)37-25-11-10-21(16-26(25)43-4)30(41)36-22-12-14-40(3)15-13-22;1-10-8(11)6-4-2-3-5-7(6)9(10)12;2*1-2/h5-11,16,19,22H,12-15,17-18H2,1-4H3,(H,34,42)(H,36,41)(H,35,37,38);2-5H,1H3;2*1-2H3. The van der Waals surface area contributed by atoms with Crippen molar-refractivity contribution in [1.29, 1.82) is 0 Å². The summed E-state index contributed by atoms with van der Waals surface area (Å²) in [6.45, 7) is 14.5. The number of ether oxygens (including phenoxy) is 1. The smallest absolute Gasteiger partial charge is 0.274 e. The Bertz CT molecular complexity index is 2260. The van der Waals surface area contributed by atoms with Gasteiger partial charge in [-0.05, 0) is 80.7 Å². The van der Waals surface area contributed by atoms with Crippen molar-refractivity contribution in [1.82, 2.24) is 35.6 Å². The number of carbonyl (C=O) groups is 4. The number of hydrogen-bond donors (Lipinski definition) is 3. The average molecular weight is 817 g/mol. The van der Waals surface area contributed by atoms with Crippen LogP contribution in [0.1, 0.15) is 113 Å². The van der Waals surface area contributed by atoms with Gasteiger partial charge in [-0.1, -0.05) is 89.2 Å². The van der Waals surface area contributed by atoms with E-state index < -0.39 is 0 Å². The fraction of sp³-hybridized carbons (Fsp3) is 0.370. The minimum absolute atomic E-state index is 0.127. The van der Waals surface area contributed by atoms with E-state index in [-0.39, 0.29) is 40.8 Å². The maximum atomic E-state index is 13.1. The molecule has 4 amide bonds. The lowest BCUT2D eigenvalue weighted by atomic mass is 9.74. The Labute approximate surface area is 352 Å². The summed E-state index contributed by atoms with van der Waals surface area (Å²) in [5.41, 5.74) is 5.23. The second kappa shape index (κ2) is 20.0. The van der Waals surface area contributed by atoms with Crippen LogP contribution in [0.25, 0.3) is 11.5 Å². The first kappa shape index (κ1) is 44.7. The number of piperidine rings is 1. The number of likely N-dealkylation sites (tertiary alicyclic amines) is 1. The second-order valence-corrected chi connectivity index (χ2v) is 14.8. The number of methoxy groups -OCH3 is 1. The quantitative estimate of drug-likeness (QED) is 0.133. The highest BCUT2D eigenvalue weighted by Crippen LogP contribution is 2.43. The zero-order chi connectivity index (χ0) is 43.6. The lowest BCUT2D eigenvalue weighted by Gasteiger charge is -2.30. The zero-order valence-electron chi connectivity index (χ0n) is 36.0. The average Bonchev–Trinajstić information content (AvgIpc) is 3.79. The molecule has 3 aliphatic rings. The van der Waals surface area contributed by atoms with Crippen molar-refractivity contribution >= 4 is 35.3 Å². The predicted molar refractivity (Wildman–Crippen MR) is 232 cm³/mol. The van der Waals surface area contributed by atoms with Gasteiger partial charge in [0.2, 0.25) is 5.95 Å². The molecule has 1 saturated heterocycles. The van der Waals surface area contributed by atoms with Gasteiger partial charge < -0.3 is 30.1 Å². The highest BCUT2D eigenvalue weighted by atomic mass is 16.5. The Kier molecular flexibility index (Phi) is 14.9. The third kappa shape index (κ3) is 9.88. The topological polar surface area (TPSA) is 172 Å². The third-order valence-corrected chi connectivity index (χ3v) is 10.4. The van der Waals surface area contributed by atoms with Crippen LogP contribution < -0.4 is 20.7 Å². The van der Waals surface area contributed by atoms with Crippen LogP contribution in [-0.4, -0.2) is 88.9 Å². The van der Waals surface area contributed by atoms with Gasteiger partial charge in [0.05, 0.1) is 23.9 Å². The van der Waals surface area contributed by atoms with E-state index in [0.29, 0.717) is 58.5 Å². The van der Waals surface area contributed by atoms with Crippen LogP contribution in [-0.2, 0) is 18.4 Å². The van der Waals surface area contributed by atoms with Gasteiger partial charge in [-0.15, -0.1) is 0 Å². The van der Waals surface area contributed by atoms with Crippen molar-refractivity contribution in [3.63, 3.8) is 0 Å². The number of rotatable bonds is 8. The molecule has 0 unspecified atom stereocenters. The molecule has 4 heterocycles. The van der Waals surface area contributed by atoms with Crippen molar-refractivity contribution in [2.24, 2.45) is 0 Å². The fourth-order valence-corrected chi connectivity index (χ4v) is 7.13. The van der Waals surface area contributed by atoms with E-state index in [1.807, 2.05) is 58.0 Å². The molecular weight excluding hydrogens is 761 g/mol. The number of carbonyl (C=O) groups excluding carboxylic acids is 4. The lowest BCUT2D eigenvalue weighted by Crippen LogP contribution is -2.43. The molecule has 3 N–H and O–H groups in total. The molecule has 1 aliphatic carbocycles. The van der Waals surface area contributed by atoms with Crippen LogP contribution in [0.2, 0.25) is 0 Å². The molecule has 8 rings (SSSR count). The molecule has 5 aromatic rings. The number of aromatic nitrogens is 3. The number of benzene rings is 3. The lowest BCUT2D eigenvalue weighted by molar-refractivity contribution is 0.0692. The van der Waals surface area contributed by atoms with Crippen molar-refractivity contribution in [2.45, 2.75) is 78.8 Å². The minimum Gasteiger partial charge on any atom is -0.495 e. The Morgan fingerprint density at radius 2 is 1.52 bits per heavy atom. The van der Waals surface area contributed by atoms with Gasteiger partial charge in [-0.2, -0.15) is 0 Å². The molecule has 316 valence electrons. The largest absolute Gasteiger partial charge is 0.495 e. The number of imide groups is 1. The molecule has 0 radical (unpaired) electrons. The van der Waals surface area contributed by atoms with E-state index in [4.69, 9.17) is 14.2 Å². The summed E-state index contributed by atoms with van der Waals surface area (Å²) < 4.78 is 11.4. The number of hydrogen-bond acceptors (Lipinski definition) is 11. The monoisotopic (exact) mass is 816 g/mol. The van der Waals surface area contributed by atoms with Gasteiger partial charge in [0, 0.05) is 42.5 Å². The maximum absolute atomic E-state index is 13.1. The van der Waals surface area contributed by atoms with E-state index >= 15 is 0 Å². The van der Waals surface area contributed by atoms with Crippen LogP contribution in [0.15, 0.2) is 83.5 Å². The number of amides is 4. The van der Waals surface area contributed by atoms with Crippen molar-refractivity contribution in [3.8, 4) is 17.2 Å². The van der Waals surface area contributed by atoms with Crippen molar-refractivity contribution < 1.29 is 28.4 Å². The maximum Gasteiger partial charge on any atom is 0.274 e. The van der Waals surface area contributed by atoms with E-state index in [1.165, 1.54) is 7.05 Å². The summed E-state index contributed by atoms with van der Waals surface area (Å²) in [7, 11) is 5.14. The van der Waals surface area contributed by atoms with E-state index in [0.717, 1.165) is 47.5 Å². The Balaban J connectivity index is 0.000000359. The molecule has 14 heteroatoms. The van der Waals surface area contributed by atoms with Gasteiger partial charge in [-0.25, -0.2) is 9.97 Å². The molecule has 3 aromatic carbocycles. The molecule has 0 atom stereocenters. The van der Waals surface area contributed by atoms with E-state index in [2.05, 4.69) is 51.9 Å². The van der Waals surface area contributed by atoms with Gasteiger partial charge in [0.1, 0.15) is 11.4 Å². The van der Waals surface area contributed by atoms with Crippen LogP contribution >= 0.6 is 0 Å². The summed E-state index contributed by atoms with van der Waals surface area (Å²) in [6.07, 6.45) is 4.19. The van der Waals surface area contributed by atoms with Crippen LogP contribution in [0.5, 0.6) is 5.75 Å². The first-order chi connectivity index (χ1) is 28.9. The fourth-order valence-electron chi connectivity index (χ4n) is 7.13. The van der Waals surface area contributed by atoms with E-state index in [9.17, 15) is 19.2 Å². The number of nitrogens with zero attached hydrogens (tertiary/aromatic N) is 5. The molecule has 2 aromatic heterocycles. The SMILES string of the molecule is CC.CC.CN1C(=O)c2ccccc2C1=O.COc1cc(C(=O)NC2CCN(C)CC2)ccc1Nc1ncc2c(n1)-c1onc(C(=O)NCc3ccccc3)c1CC2(C)C. The molecular formula is C46H56N8O6. The summed E-state index contributed by atoms with van der Waals surface area (Å²) in [5.74, 6) is 0.420. The highest BCUT2D eigenvalue weighted by molar-refractivity contribution is 6.21. The second-order valence-electron chi connectivity index (χ2n) is 14.8. The summed E-state index contributed by atoms with van der Waals surface area (Å²) in [5, 5.41) is 13.5. The van der Waals surface area contributed by atoms with Crippen molar-refractivity contribution in [2.75, 3.05) is 39.6 Å². The first-order valence-corrected chi connectivity index (χ1v) is 20.5. The minimum atomic E-state index is -0.360. The molecule has 0 bridgehead atoms. The van der Waals surface area contributed by atoms with Gasteiger partial charge in [0.25, 0.3) is 23.6 Å². The van der Waals surface area contributed by atoms with Gasteiger partial charge in [-0.3, -0.25) is 24.1 Å². The van der Waals surface area contributed by atoms with Gasteiger partial charge >= 0.3 is 0 Å². The summed E-state index contributed by atoms with van der Waals surface area (Å²) in [4.78, 5) is 61.5. The number of fused-ring (bicyclic) bond motifs is 4. The van der Waals surface area contributed by atoms with Crippen molar-refractivity contribution in [3.05, 3.63) is 118 Å².